The minimum absolute atomic E-state index is 0.245. The minimum atomic E-state index is -0.245. The summed E-state index contributed by atoms with van der Waals surface area (Å²) in [6.45, 7) is 3.77. The van der Waals surface area contributed by atoms with E-state index in [2.05, 4.69) is 9.97 Å². The zero-order valence-electron chi connectivity index (χ0n) is 9.04. The summed E-state index contributed by atoms with van der Waals surface area (Å²) >= 11 is 4.96. The highest BCUT2D eigenvalue weighted by molar-refractivity contribution is 7.71. The monoisotopic (exact) mass is 234 g/mol. The standard InChI is InChI=1S/C12H11FN2S/c1-7-3-9(5-10(13)4-7)11-8(2)6-14-12(16)15-11/h3-6H,1-2H3,(H,14,15,16). The van der Waals surface area contributed by atoms with Gasteiger partial charge < -0.3 is 4.98 Å². The third-order valence-corrected chi connectivity index (χ3v) is 2.54. The molecule has 0 saturated heterocycles. The highest BCUT2D eigenvalue weighted by Crippen LogP contribution is 2.22. The average molecular weight is 234 g/mol. The molecule has 0 saturated carbocycles. The first-order chi connectivity index (χ1) is 7.56. The topological polar surface area (TPSA) is 28.7 Å². The molecule has 0 atom stereocenters. The molecule has 2 aromatic rings. The highest BCUT2D eigenvalue weighted by atomic mass is 32.1. The second kappa shape index (κ2) is 4.14. The summed E-state index contributed by atoms with van der Waals surface area (Å²) in [5, 5.41) is 0. The Morgan fingerprint density at radius 3 is 2.69 bits per heavy atom. The number of hydrogen-bond acceptors (Lipinski definition) is 2. The van der Waals surface area contributed by atoms with Crippen LogP contribution in [0.3, 0.4) is 0 Å². The Morgan fingerprint density at radius 2 is 2.00 bits per heavy atom. The molecule has 82 valence electrons. The van der Waals surface area contributed by atoms with Crippen molar-refractivity contribution in [3.8, 4) is 11.3 Å². The van der Waals surface area contributed by atoms with Crippen molar-refractivity contribution in [2.24, 2.45) is 0 Å². The summed E-state index contributed by atoms with van der Waals surface area (Å²) in [6, 6.07) is 4.89. The van der Waals surface area contributed by atoms with Crippen LogP contribution in [0.15, 0.2) is 24.4 Å². The van der Waals surface area contributed by atoms with Gasteiger partial charge in [-0.2, -0.15) is 0 Å². The molecule has 4 heteroatoms. The van der Waals surface area contributed by atoms with Gasteiger partial charge in [-0.1, -0.05) is 0 Å². The van der Waals surface area contributed by atoms with E-state index in [9.17, 15) is 4.39 Å². The molecule has 0 fully saturated rings. The lowest BCUT2D eigenvalue weighted by molar-refractivity contribution is 0.627. The van der Waals surface area contributed by atoms with Gasteiger partial charge in [-0.15, -0.1) is 0 Å². The van der Waals surface area contributed by atoms with Crippen LogP contribution < -0.4 is 0 Å². The lowest BCUT2D eigenvalue weighted by Crippen LogP contribution is -1.92. The van der Waals surface area contributed by atoms with Crippen LogP contribution >= 0.6 is 12.2 Å². The van der Waals surface area contributed by atoms with Gasteiger partial charge in [0.15, 0.2) is 4.77 Å². The van der Waals surface area contributed by atoms with Crippen LogP contribution in [0.2, 0.25) is 0 Å². The molecular weight excluding hydrogens is 223 g/mol. The van der Waals surface area contributed by atoms with Crippen molar-refractivity contribution < 1.29 is 4.39 Å². The predicted octanol–water partition coefficient (Wildman–Crippen LogP) is 3.56. The Kier molecular flexibility index (Phi) is 2.83. The quantitative estimate of drug-likeness (QED) is 0.764. The molecule has 0 radical (unpaired) electrons. The van der Waals surface area contributed by atoms with E-state index in [0.29, 0.717) is 4.77 Å². The number of nitrogens with one attached hydrogen (secondary N) is 1. The molecule has 1 N–H and O–H groups in total. The molecule has 16 heavy (non-hydrogen) atoms. The molecule has 1 aromatic carbocycles. The van der Waals surface area contributed by atoms with E-state index in [4.69, 9.17) is 12.2 Å². The molecule has 2 rings (SSSR count). The summed E-state index contributed by atoms with van der Waals surface area (Å²) in [4.78, 5) is 6.96. The number of benzene rings is 1. The predicted molar refractivity (Wildman–Crippen MR) is 64.3 cm³/mol. The van der Waals surface area contributed by atoms with Crippen LogP contribution in [-0.2, 0) is 0 Å². The van der Waals surface area contributed by atoms with Crippen molar-refractivity contribution in [2.45, 2.75) is 13.8 Å². The van der Waals surface area contributed by atoms with Crippen LogP contribution in [0, 0.1) is 24.4 Å². The summed E-state index contributed by atoms with van der Waals surface area (Å²) in [5.74, 6) is -0.245. The number of rotatable bonds is 1. The molecule has 1 aromatic heterocycles. The molecule has 1 heterocycles. The zero-order valence-corrected chi connectivity index (χ0v) is 9.86. The molecule has 0 bridgehead atoms. The first-order valence-corrected chi connectivity index (χ1v) is 5.30. The van der Waals surface area contributed by atoms with E-state index in [1.807, 2.05) is 19.9 Å². The Balaban J connectivity index is 2.66. The van der Waals surface area contributed by atoms with E-state index >= 15 is 0 Å². The highest BCUT2D eigenvalue weighted by Gasteiger charge is 2.05. The first-order valence-electron chi connectivity index (χ1n) is 4.90. The van der Waals surface area contributed by atoms with Crippen LogP contribution in [0.25, 0.3) is 11.3 Å². The fourth-order valence-corrected chi connectivity index (χ4v) is 1.79. The molecule has 2 nitrogen and oxygen atoms in total. The number of halogens is 1. The molecule has 0 spiro atoms. The van der Waals surface area contributed by atoms with Crippen molar-refractivity contribution >= 4 is 12.2 Å². The summed E-state index contributed by atoms with van der Waals surface area (Å²) in [5.41, 5.74) is 3.44. The summed E-state index contributed by atoms with van der Waals surface area (Å²) in [7, 11) is 0. The third kappa shape index (κ3) is 2.17. The van der Waals surface area contributed by atoms with Gasteiger partial charge in [0.05, 0.1) is 5.69 Å². The molecular formula is C12H11FN2S. The van der Waals surface area contributed by atoms with Crippen molar-refractivity contribution in [2.75, 3.05) is 0 Å². The van der Waals surface area contributed by atoms with Crippen LogP contribution in [0.4, 0.5) is 4.39 Å². The number of H-pyrrole nitrogens is 1. The Morgan fingerprint density at radius 1 is 1.25 bits per heavy atom. The van der Waals surface area contributed by atoms with Crippen LogP contribution in [0.1, 0.15) is 11.1 Å². The number of aromatic amines is 1. The van der Waals surface area contributed by atoms with Gasteiger partial charge in [-0.3, -0.25) is 0 Å². The third-order valence-electron chi connectivity index (χ3n) is 2.33. The van der Waals surface area contributed by atoms with E-state index in [0.717, 1.165) is 22.4 Å². The maximum absolute atomic E-state index is 13.3. The summed E-state index contributed by atoms with van der Waals surface area (Å²) < 4.78 is 13.7. The fraction of sp³-hybridized carbons (Fsp3) is 0.167. The number of aromatic nitrogens is 2. The van der Waals surface area contributed by atoms with Crippen molar-refractivity contribution in [1.29, 1.82) is 0 Å². The smallest absolute Gasteiger partial charge is 0.197 e. The lowest BCUT2D eigenvalue weighted by Gasteiger charge is -2.06. The molecule has 0 amide bonds. The molecule has 0 aliphatic carbocycles. The van der Waals surface area contributed by atoms with Gasteiger partial charge in [-0.25, -0.2) is 9.37 Å². The van der Waals surface area contributed by atoms with E-state index < -0.39 is 0 Å². The Labute approximate surface area is 98.2 Å². The minimum Gasteiger partial charge on any atom is -0.330 e. The van der Waals surface area contributed by atoms with Crippen molar-refractivity contribution in [1.82, 2.24) is 9.97 Å². The number of hydrogen-bond donors (Lipinski definition) is 1. The average Bonchev–Trinajstić information content (AvgIpc) is 2.20. The maximum atomic E-state index is 13.3. The van der Waals surface area contributed by atoms with Gasteiger partial charge in [0, 0.05) is 11.8 Å². The maximum Gasteiger partial charge on any atom is 0.197 e. The first kappa shape index (κ1) is 11.0. The van der Waals surface area contributed by atoms with Gasteiger partial charge in [0.2, 0.25) is 0 Å². The van der Waals surface area contributed by atoms with Crippen molar-refractivity contribution in [3.05, 3.63) is 46.1 Å². The number of aryl methyl sites for hydroxylation is 2. The molecule has 0 unspecified atom stereocenters. The SMILES string of the molecule is Cc1cc(F)cc(-c2[nH]c(=S)ncc2C)c1. The molecule has 0 aliphatic rings. The van der Waals surface area contributed by atoms with E-state index in [-0.39, 0.29) is 5.82 Å². The second-order valence-electron chi connectivity index (χ2n) is 3.76. The molecule has 0 aliphatic heterocycles. The van der Waals surface area contributed by atoms with Gasteiger partial charge in [0.25, 0.3) is 0 Å². The summed E-state index contributed by atoms with van der Waals surface area (Å²) in [6.07, 6.45) is 1.69. The van der Waals surface area contributed by atoms with Crippen LogP contribution in [-0.4, -0.2) is 9.97 Å². The van der Waals surface area contributed by atoms with Gasteiger partial charge in [0.1, 0.15) is 5.82 Å². The lowest BCUT2D eigenvalue weighted by atomic mass is 10.1. The van der Waals surface area contributed by atoms with E-state index in [1.165, 1.54) is 12.1 Å². The van der Waals surface area contributed by atoms with E-state index in [1.54, 1.807) is 6.20 Å². The normalized spacial score (nSPS) is 10.4. The largest absolute Gasteiger partial charge is 0.330 e. The number of nitrogens with zero attached hydrogens (tertiary/aromatic N) is 1. The Hall–Kier alpha value is -1.55. The van der Waals surface area contributed by atoms with Gasteiger partial charge in [-0.05, 0) is 55.4 Å². The van der Waals surface area contributed by atoms with Gasteiger partial charge >= 0.3 is 0 Å². The Bertz CT molecular complexity index is 570. The van der Waals surface area contributed by atoms with Crippen molar-refractivity contribution in [3.63, 3.8) is 0 Å². The second-order valence-corrected chi connectivity index (χ2v) is 4.15. The fourth-order valence-electron chi connectivity index (χ4n) is 1.64. The zero-order chi connectivity index (χ0) is 11.7. The van der Waals surface area contributed by atoms with Crippen LogP contribution in [0.5, 0.6) is 0 Å².